The van der Waals surface area contributed by atoms with E-state index >= 15 is 0 Å². The summed E-state index contributed by atoms with van der Waals surface area (Å²) in [6.07, 6.45) is 2.48. The van der Waals surface area contributed by atoms with Crippen LogP contribution in [0.1, 0.15) is 29.5 Å². The van der Waals surface area contributed by atoms with Gasteiger partial charge in [0.2, 0.25) is 0 Å². The van der Waals surface area contributed by atoms with E-state index in [1.165, 1.54) is 34.9 Å². The molecule has 0 aliphatic rings. The Kier molecular flexibility index (Phi) is 4.85. The number of amides is 1. The van der Waals surface area contributed by atoms with Gasteiger partial charge in [-0.25, -0.2) is 9.37 Å². The maximum atomic E-state index is 13.6. The SMILES string of the molecule is CCCc1nc2ccc(F)cn2c1C(=O)Nc1ccc([N+](=O)[O-])cc1Cl. The lowest BCUT2D eigenvalue weighted by Crippen LogP contribution is -2.17. The third-order valence-corrected chi connectivity index (χ3v) is 4.08. The van der Waals surface area contributed by atoms with E-state index < -0.39 is 16.6 Å². The van der Waals surface area contributed by atoms with E-state index in [1.807, 2.05) is 6.92 Å². The van der Waals surface area contributed by atoms with Gasteiger partial charge < -0.3 is 5.32 Å². The molecule has 1 N–H and O–H groups in total. The molecule has 1 aromatic carbocycles. The highest BCUT2D eigenvalue weighted by molar-refractivity contribution is 6.34. The maximum absolute atomic E-state index is 13.6. The van der Waals surface area contributed by atoms with Gasteiger partial charge in [-0.15, -0.1) is 0 Å². The van der Waals surface area contributed by atoms with Gasteiger partial charge in [-0.1, -0.05) is 24.9 Å². The van der Waals surface area contributed by atoms with Crippen LogP contribution in [0.5, 0.6) is 0 Å². The Labute approximate surface area is 152 Å². The van der Waals surface area contributed by atoms with Crippen molar-refractivity contribution in [1.29, 1.82) is 0 Å². The molecule has 7 nitrogen and oxygen atoms in total. The zero-order chi connectivity index (χ0) is 18.8. The van der Waals surface area contributed by atoms with E-state index in [9.17, 15) is 19.3 Å². The minimum absolute atomic E-state index is 0.0320. The second-order valence-corrected chi connectivity index (χ2v) is 6.02. The molecule has 0 unspecified atom stereocenters. The average Bonchev–Trinajstić information content (AvgIpc) is 2.94. The number of nitro benzene ring substituents is 1. The van der Waals surface area contributed by atoms with E-state index in [0.29, 0.717) is 17.8 Å². The Morgan fingerprint density at radius 3 is 2.81 bits per heavy atom. The molecule has 0 aliphatic heterocycles. The molecule has 0 fully saturated rings. The van der Waals surface area contributed by atoms with Gasteiger partial charge in [0.1, 0.15) is 17.2 Å². The maximum Gasteiger partial charge on any atom is 0.274 e. The van der Waals surface area contributed by atoms with E-state index in [2.05, 4.69) is 10.3 Å². The summed E-state index contributed by atoms with van der Waals surface area (Å²) < 4.78 is 15.0. The first kappa shape index (κ1) is 17.8. The summed E-state index contributed by atoms with van der Waals surface area (Å²) in [7, 11) is 0. The van der Waals surface area contributed by atoms with Crippen molar-refractivity contribution >= 4 is 34.5 Å². The lowest BCUT2D eigenvalue weighted by atomic mass is 10.2. The molecule has 0 spiro atoms. The van der Waals surface area contributed by atoms with Crippen molar-refractivity contribution in [2.75, 3.05) is 5.32 Å². The lowest BCUT2D eigenvalue weighted by molar-refractivity contribution is -0.384. The van der Waals surface area contributed by atoms with Gasteiger partial charge in [0.25, 0.3) is 11.6 Å². The molecule has 1 amide bonds. The fourth-order valence-electron chi connectivity index (χ4n) is 2.62. The number of anilines is 1. The fraction of sp³-hybridized carbons (Fsp3) is 0.176. The fourth-order valence-corrected chi connectivity index (χ4v) is 2.84. The van der Waals surface area contributed by atoms with Gasteiger partial charge in [-0.2, -0.15) is 0 Å². The minimum Gasteiger partial charge on any atom is -0.319 e. The highest BCUT2D eigenvalue weighted by Crippen LogP contribution is 2.27. The van der Waals surface area contributed by atoms with Crippen molar-refractivity contribution in [3.8, 4) is 0 Å². The van der Waals surface area contributed by atoms with E-state index in [0.717, 1.165) is 12.5 Å². The van der Waals surface area contributed by atoms with Crippen LogP contribution in [0.2, 0.25) is 5.02 Å². The summed E-state index contributed by atoms with van der Waals surface area (Å²) in [5.74, 6) is -1.03. The van der Waals surface area contributed by atoms with Crippen LogP contribution in [0.4, 0.5) is 15.8 Å². The smallest absolute Gasteiger partial charge is 0.274 e. The van der Waals surface area contributed by atoms with E-state index in [1.54, 1.807) is 0 Å². The van der Waals surface area contributed by atoms with Crippen LogP contribution < -0.4 is 5.32 Å². The second kappa shape index (κ2) is 7.09. The number of rotatable bonds is 5. The number of non-ortho nitro benzene ring substituents is 1. The monoisotopic (exact) mass is 376 g/mol. The standard InChI is InChI=1S/C17H14ClFN4O3/c1-2-3-14-16(22-9-10(19)4-7-15(22)20-14)17(24)21-13-6-5-11(23(25)26)8-12(13)18/h4-9H,2-3H2,1H3,(H,21,24). The van der Waals surface area contributed by atoms with Crippen LogP contribution in [0, 0.1) is 15.9 Å². The van der Waals surface area contributed by atoms with Crippen molar-refractivity contribution in [1.82, 2.24) is 9.38 Å². The van der Waals surface area contributed by atoms with Crippen molar-refractivity contribution in [2.45, 2.75) is 19.8 Å². The predicted molar refractivity (Wildman–Crippen MR) is 95.2 cm³/mol. The molecule has 3 rings (SSSR count). The van der Waals surface area contributed by atoms with E-state index in [-0.39, 0.29) is 22.1 Å². The number of nitro groups is 1. The summed E-state index contributed by atoms with van der Waals surface area (Å²) in [4.78, 5) is 27.4. The van der Waals surface area contributed by atoms with Gasteiger partial charge in [0.15, 0.2) is 0 Å². The van der Waals surface area contributed by atoms with Gasteiger partial charge in [-0.05, 0) is 24.6 Å². The number of pyridine rings is 1. The molecule has 3 aromatic rings. The molecule has 0 bridgehead atoms. The summed E-state index contributed by atoms with van der Waals surface area (Å²) in [6, 6.07) is 6.50. The number of hydrogen-bond donors (Lipinski definition) is 1. The number of hydrogen-bond acceptors (Lipinski definition) is 4. The number of aryl methyl sites for hydroxylation is 1. The second-order valence-electron chi connectivity index (χ2n) is 5.61. The Morgan fingerprint density at radius 1 is 1.38 bits per heavy atom. The minimum atomic E-state index is -0.579. The Balaban J connectivity index is 2.01. The Morgan fingerprint density at radius 2 is 2.15 bits per heavy atom. The quantitative estimate of drug-likeness (QED) is 0.532. The number of benzene rings is 1. The lowest BCUT2D eigenvalue weighted by Gasteiger charge is -2.08. The van der Waals surface area contributed by atoms with Crippen molar-refractivity contribution in [2.24, 2.45) is 0 Å². The van der Waals surface area contributed by atoms with Gasteiger partial charge in [0, 0.05) is 18.3 Å². The predicted octanol–water partition coefficient (Wildman–Crippen LogP) is 4.24. The normalized spacial score (nSPS) is 10.9. The summed E-state index contributed by atoms with van der Waals surface area (Å²) in [5.41, 5.74) is 1.23. The van der Waals surface area contributed by atoms with Crippen molar-refractivity contribution in [3.05, 3.63) is 68.9 Å². The Bertz CT molecular complexity index is 1020. The molecule has 134 valence electrons. The molecule has 0 radical (unpaired) electrons. The van der Waals surface area contributed by atoms with Crippen molar-refractivity contribution in [3.63, 3.8) is 0 Å². The highest BCUT2D eigenvalue weighted by atomic mass is 35.5. The molecule has 0 saturated heterocycles. The number of carbonyl (C=O) groups excluding carboxylic acids is 1. The molecule has 0 saturated carbocycles. The summed E-state index contributed by atoms with van der Waals surface area (Å²) in [6.45, 7) is 1.94. The number of aromatic nitrogens is 2. The zero-order valence-corrected chi connectivity index (χ0v) is 14.5. The van der Waals surface area contributed by atoms with Gasteiger partial charge >= 0.3 is 0 Å². The molecular formula is C17H14ClFN4O3. The topological polar surface area (TPSA) is 89.5 Å². The number of nitrogens with zero attached hydrogens (tertiary/aromatic N) is 3. The van der Waals surface area contributed by atoms with Crippen LogP contribution in [-0.4, -0.2) is 20.2 Å². The third kappa shape index (κ3) is 3.36. The van der Waals surface area contributed by atoms with Crippen LogP contribution in [0.15, 0.2) is 36.5 Å². The molecule has 0 atom stereocenters. The largest absolute Gasteiger partial charge is 0.319 e. The number of fused-ring (bicyclic) bond motifs is 1. The van der Waals surface area contributed by atoms with Crippen LogP contribution in [0.25, 0.3) is 5.65 Å². The van der Waals surface area contributed by atoms with Crippen LogP contribution >= 0.6 is 11.6 Å². The van der Waals surface area contributed by atoms with Crippen LogP contribution in [-0.2, 0) is 6.42 Å². The van der Waals surface area contributed by atoms with Crippen LogP contribution in [0.3, 0.4) is 0 Å². The highest BCUT2D eigenvalue weighted by Gasteiger charge is 2.20. The number of imidazole rings is 1. The number of halogens is 2. The number of carbonyl (C=O) groups is 1. The molecular weight excluding hydrogens is 363 g/mol. The molecule has 2 aromatic heterocycles. The molecule has 0 aliphatic carbocycles. The average molecular weight is 377 g/mol. The van der Waals surface area contributed by atoms with Crippen molar-refractivity contribution < 1.29 is 14.1 Å². The molecule has 26 heavy (non-hydrogen) atoms. The number of nitrogens with one attached hydrogen (secondary N) is 1. The molecule has 9 heteroatoms. The van der Waals surface area contributed by atoms with Gasteiger partial charge in [0.05, 0.1) is 21.3 Å². The Hall–Kier alpha value is -3.00. The first-order chi connectivity index (χ1) is 12.4. The molecule has 2 heterocycles. The first-order valence-corrected chi connectivity index (χ1v) is 8.20. The first-order valence-electron chi connectivity index (χ1n) is 7.82. The summed E-state index contributed by atoms with van der Waals surface area (Å²) in [5, 5.41) is 13.4. The summed E-state index contributed by atoms with van der Waals surface area (Å²) >= 11 is 6.02. The van der Waals surface area contributed by atoms with E-state index in [4.69, 9.17) is 11.6 Å². The van der Waals surface area contributed by atoms with Gasteiger partial charge in [-0.3, -0.25) is 19.3 Å². The third-order valence-electron chi connectivity index (χ3n) is 3.77. The zero-order valence-electron chi connectivity index (χ0n) is 13.7.